The number of pyridine rings is 2. The van der Waals surface area contributed by atoms with Crippen molar-refractivity contribution in [1.82, 2.24) is 25.1 Å². The molecule has 0 radical (unpaired) electrons. The summed E-state index contributed by atoms with van der Waals surface area (Å²) in [7, 11) is 1.59. The molecule has 0 saturated carbocycles. The average molecular weight is 351 g/mol. The van der Waals surface area contributed by atoms with Crippen LogP contribution in [0, 0.1) is 0 Å². The van der Waals surface area contributed by atoms with Crippen LogP contribution < -0.4 is 10.1 Å². The van der Waals surface area contributed by atoms with Gasteiger partial charge in [-0.2, -0.15) is 5.10 Å². The molecule has 0 aromatic carbocycles. The zero-order chi connectivity index (χ0) is 18.7. The summed E-state index contributed by atoms with van der Waals surface area (Å²) < 4.78 is 6.83. The van der Waals surface area contributed by atoms with E-state index in [1.807, 2.05) is 45.0 Å². The van der Waals surface area contributed by atoms with Crippen LogP contribution in [0.25, 0.3) is 17.1 Å². The van der Waals surface area contributed by atoms with Crippen LogP contribution in [-0.4, -0.2) is 38.3 Å². The fraction of sp³-hybridized carbons (Fsp3) is 0.263. The standard InChI is InChI=1S/C19H21N5O2/c1-19(2,3)22-18(25)16-10-17(15-8-7-14(26-4)12-21-15)24(23-16)13-6-5-9-20-11-13/h5-12H,1-4H3,(H,22,25). The number of carbonyl (C=O) groups is 1. The zero-order valence-electron chi connectivity index (χ0n) is 15.2. The van der Waals surface area contributed by atoms with Gasteiger partial charge in [-0.05, 0) is 51.1 Å². The molecule has 7 nitrogen and oxygen atoms in total. The first-order valence-electron chi connectivity index (χ1n) is 8.21. The number of ether oxygens (including phenoxy) is 1. The van der Waals surface area contributed by atoms with Gasteiger partial charge in [-0.15, -0.1) is 0 Å². The molecular formula is C19H21N5O2. The molecule has 3 rings (SSSR count). The number of nitrogens with one attached hydrogen (secondary N) is 1. The molecule has 0 aliphatic heterocycles. The maximum Gasteiger partial charge on any atom is 0.272 e. The number of amides is 1. The summed E-state index contributed by atoms with van der Waals surface area (Å²) in [6, 6.07) is 9.06. The Labute approximate surface area is 152 Å². The first-order chi connectivity index (χ1) is 12.4. The van der Waals surface area contributed by atoms with Gasteiger partial charge in [0.25, 0.3) is 5.91 Å². The minimum absolute atomic E-state index is 0.241. The summed E-state index contributed by atoms with van der Waals surface area (Å²) >= 11 is 0. The van der Waals surface area contributed by atoms with E-state index in [2.05, 4.69) is 20.4 Å². The molecule has 134 valence electrons. The lowest BCUT2D eigenvalue weighted by Crippen LogP contribution is -2.40. The third-order valence-electron chi connectivity index (χ3n) is 3.56. The molecule has 0 fully saturated rings. The van der Waals surface area contributed by atoms with Crippen molar-refractivity contribution >= 4 is 5.91 Å². The quantitative estimate of drug-likeness (QED) is 0.781. The second-order valence-electron chi connectivity index (χ2n) is 6.83. The summed E-state index contributed by atoms with van der Waals surface area (Å²) in [6.07, 6.45) is 5.00. The molecule has 1 amide bonds. The van der Waals surface area contributed by atoms with Crippen molar-refractivity contribution in [3.05, 3.63) is 54.6 Å². The normalized spacial score (nSPS) is 11.2. The molecule has 0 unspecified atom stereocenters. The Morgan fingerprint density at radius 3 is 2.58 bits per heavy atom. The van der Waals surface area contributed by atoms with Gasteiger partial charge in [-0.1, -0.05) is 0 Å². The fourth-order valence-electron chi connectivity index (χ4n) is 2.41. The van der Waals surface area contributed by atoms with Crippen molar-refractivity contribution in [2.45, 2.75) is 26.3 Å². The van der Waals surface area contributed by atoms with Gasteiger partial charge >= 0.3 is 0 Å². The van der Waals surface area contributed by atoms with Crippen LogP contribution in [0.2, 0.25) is 0 Å². The number of nitrogens with zero attached hydrogens (tertiary/aromatic N) is 4. The van der Waals surface area contributed by atoms with E-state index in [1.54, 1.807) is 36.4 Å². The number of aromatic nitrogens is 4. The Kier molecular flexibility index (Phi) is 4.71. The summed E-state index contributed by atoms with van der Waals surface area (Å²) in [5.41, 5.74) is 2.08. The lowest BCUT2D eigenvalue weighted by atomic mass is 10.1. The number of carbonyl (C=O) groups excluding carboxylic acids is 1. The maximum absolute atomic E-state index is 12.5. The molecule has 0 aliphatic rings. The van der Waals surface area contributed by atoms with Crippen LogP contribution in [0.4, 0.5) is 0 Å². The molecule has 0 spiro atoms. The summed E-state index contributed by atoms with van der Waals surface area (Å²) in [4.78, 5) is 21.1. The molecule has 3 heterocycles. The Morgan fingerprint density at radius 2 is 2.00 bits per heavy atom. The van der Waals surface area contributed by atoms with Crippen LogP contribution in [0.5, 0.6) is 5.75 Å². The third kappa shape index (κ3) is 3.88. The molecule has 3 aromatic rings. The highest BCUT2D eigenvalue weighted by atomic mass is 16.5. The Balaban J connectivity index is 2.07. The van der Waals surface area contributed by atoms with E-state index < -0.39 is 0 Å². The van der Waals surface area contributed by atoms with Gasteiger partial charge in [0.05, 0.1) is 36.6 Å². The Bertz CT molecular complexity index is 896. The summed E-state index contributed by atoms with van der Waals surface area (Å²) in [6.45, 7) is 5.78. The van der Waals surface area contributed by atoms with Crippen LogP contribution in [0.3, 0.4) is 0 Å². The zero-order valence-corrected chi connectivity index (χ0v) is 15.2. The highest BCUT2D eigenvalue weighted by Crippen LogP contribution is 2.24. The van der Waals surface area contributed by atoms with E-state index in [1.165, 1.54) is 0 Å². The van der Waals surface area contributed by atoms with Gasteiger partial charge in [0.1, 0.15) is 5.75 Å². The van der Waals surface area contributed by atoms with Gasteiger partial charge in [-0.25, -0.2) is 4.68 Å². The molecule has 3 aromatic heterocycles. The third-order valence-corrected chi connectivity index (χ3v) is 3.56. The average Bonchev–Trinajstić information content (AvgIpc) is 3.07. The van der Waals surface area contributed by atoms with Gasteiger partial charge in [0.15, 0.2) is 5.69 Å². The van der Waals surface area contributed by atoms with Crippen LogP contribution in [0.1, 0.15) is 31.3 Å². The minimum atomic E-state index is -0.353. The smallest absolute Gasteiger partial charge is 0.272 e. The highest BCUT2D eigenvalue weighted by Gasteiger charge is 2.21. The Hall–Kier alpha value is -3.22. The second kappa shape index (κ2) is 6.95. The number of hydrogen-bond acceptors (Lipinski definition) is 5. The lowest BCUT2D eigenvalue weighted by Gasteiger charge is -2.19. The van der Waals surface area contributed by atoms with Gasteiger partial charge in [-0.3, -0.25) is 14.8 Å². The maximum atomic E-state index is 12.5. The van der Waals surface area contributed by atoms with Crippen molar-refractivity contribution < 1.29 is 9.53 Å². The fourth-order valence-corrected chi connectivity index (χ4v) is 2.41. The van der Waals surface area contributed by atoms with E-state index in [-0.39, 0.29) is 11.4 Å². The van der Waals surface area contributed by atoms with Crippen molar-refractivity contribution in [2.75, 3.05) is 7.11 Å². The lowest BCUT2D eigenvalue weighted by molar-refractivity contribution is 0.0914. The topological polar surface area (TPSA) is 81.9 Å². The molecular weight excluding hydrogens is 330 g/mol. The van der Waals surface area contributed by atoms with Crippen LogP contribution in [0.15, 0.2) is 48.9 Å². The monoisotopic (exact) mass is 351 g/mol. The van der Waals surface area contributed by atoms with Crippen molar-refractivity contribution in [1.29, 1.82) is 0 Å². The van der Waals surface area contributed by atoms with Crippen molar-refractivity contribution in [3.63, 3.8) is 0 Å². The number of hydrogen-bond donors (Lipinski definition) is 1. The van der Waals surface area contributed by atoms with E-state index in [0.717, 1.165) is 5.69 Å². The first-order valence-corrected chi connectivity index (χ1v) is 8.21. The Morgan fingerprint density at radius 1 is 1.19 bits per heavy atom. The molecule has 0 atom stereocenters. The van der Waals surface area contributed by atoms with Crippen LogP contribution in [-0.2, 0) is 0 Å². The van der Waals surface area contributed by atoms with Gasteiger partial charge in [0.2, 0.25) is 0 Å². The summed E-state index contributed by atoms with van der Waals surface area (Å²) in [5, 5.41) is 7.40. The van der Waals surface area contributed by atoms with Crippen molar-refractivity contribution in [3.8, 4) is 22.8 Å². The molecule has 0 aliphatic carbocycles. The first kappa shape index (κ1) is 17.6. The predicted molar refractivity (Wildman–Crippen MR) is 98.4 cm³/mol. The predicted octanol–water partition coefficient (Wildman–Crippen LogP) is 2.87. The van der Waals surface area contributed by atoms with Crippen molar-refractivity contribution in [2.24, 2.45) is 0 Å². The second-order valence-corrected chi connectivity index (χ2v) is 6.83. The summed E-state index contributed by atoms with van der Waals surface area (Å²) in [5.74, 6) is 0.418. The van der Waals surface area contributed by atoms with E-state index in [0.29, 0.717) is 22.8 Å². The number of rotatable bonds is 4. The molecule has 7 heteroatoms. The van der Waals surface area contributed by atoms with E-state index in [9.17, 15) is 4.79 Å². The number of methoxy groups -OCH3 is 1. The SMILES string of the molecule is COc1ccc(-c2cc(C(=O)NC(C)(C)C)nn2-c2cccnc2)nc1. The van der Waals surface area contributed by atoms with Crippen LogP contribution >= 0.6 is 0 Å². The minimum Gasteiger partial charge on any atom is -0.495 e. The highest BCUT2D eigenvalue weighted by molar-refractivity contribution is 5.94. The largest absolute Gasteiger partial charge is 0.495 e. The molecule has 0 bridgehead atoms. The van der Waals surface area contributed by atoms with E-state index in [4.69, 9.17) is 4.74 Å². The van der Waals surface area contributed by atoms with Gasteiger partial charge < -0.3 is 10.1 Å². The van der Waals surface area contributed by atoms with Gasteiger partial charge in [0, 0.05) is 11.7 Å². The molecule has 26 heavy (non-hydrogen) atoms. The molecule has 1 N–H and O–H groups in total. The van der Waals surface area contributed by atoms with E-state index >= 15 is 0 Å². The molecule has 0 saturated heterocycles.